The van der Waals surface area contributed by atoms with E-state index >= 15 is 0 Å². The molecule has 1 heterocycles. The molecule has 2 aromatic rings. The van der Waals surface area contributed by atoms with E-state index < -0.39 is 5.82 Å². The van der Waals surface area contributed by atoms with Gasteiger partial charge in [-0.3, -0.25) is 9.59 Å². The number of rotatable bonds is 3. The highest BCUT2D eigenvalue weighted by atomic mass is 19.1. The molecule has 1 aromatic heterocycles. The van der Waals surface area contributed by atoms with Gasteiger partial charge in [-0.15, -0.1) is 0 Å². The molecule has 1 aromatic carbocycles. The lowest BCUT2D eigenvalue weighted by Gasteiger charge is -2.04. The third-order valence-corrected chi connectivity index (χ3v) is 2.52. The Kier molecular flexibility index (Phi) is 3.23. The van der Waals surface area contributed by atoms with Crippen LogP contribution >= 0.6 is 0 Å². The summed E-state index contributed by atoms with van der Waals surface area (Å²) in [5.74, 6) is -0.764. The molecular formula is C13H11FN2O2. The van der Waals surface area contributed by atoms with Gasteiger partial charge in [0.05, 0.1) is 5.52 Å². The van der Waals surface area contributed by atoms with Gasteiger partial charge in [-0.25, -0.2) is 4.39 Å². The Labute approximate surface area is 102 Å². The predicted octanol–water partition coefficient (Wildman–Crippen LogP) is 1.47. The van der Waals surface area contributed by atoms with Gasteiger partial charge in [0.25, 0.3) is 5.56 Å². The van der Waals surface area contributed by atoms with Crippen LogP contribution < -0.4 is 10.9 Å². The molecule has 5 heteroatoms. The normalized spacial score (nSPS) is 10.3. The zero-order valence-electron chi connectivity index (χ0n) is 9.50. The second kappa shape index (κ2) is 4.83. The predicted molar refractivity (Wildman–Crippen MR) is 66.6 cm³/mol. The summed E-state index contributed by atoms with van der Waals surface area (Å²) in [6.07, 6.45) is 1.13. The van der Waals surface area contributed by atoms with E-state index in [4.69, 9.17) is 0 Å². The van der Waals surface area contributed by atoms with Crippen molar-refractivity contribution < 1.29 is 9.18 Å². The van der Waals surface area contributed by atoms with Crippen LogP contribution in [0.15, 0.2) is 41.7 Å². The number of halogens is 1. The summed E-state index contributed by atoms with van der Waals surface area (Å²) in [7, 11) is 0. The third kappa shape index (κ3) is 2.45. The van der Waals surface area contributed by atoms with Crippen molar-refractivity contribution >= 4 is 16.8 Å². The van der Waals surface area contributed by atoms with Crippen LogP contribution in [0.25, 0.3) is 10.9 Å². The van der Waals surface area contributed by atoms with E-state index in [0.717, 1.165) is 6.08 Å². The molecule has 0 aliphatic rings. The Bertz CT molecular complexity index is 676. The summed E-state index contributed by atoms with van der Waals surface area (Å²) < 4.78 is 13.0. The van der Waals surface area contributed by atoms with Gasteiger partial charge in [-0.2, -0.15) is 0 Å². The van der Waals surface area contributed by atoms with Crippen molar-refractivity contribution in [1.82, 2.24) is 10.3 Å². The maximum atomic E-state index is 13.0. The molecule has 92 valence electrons. The summed E-state index contributed by atoms with van der Waals surface area (Å²) in [4.78, 5) is 25.3. The molecule has 0 radical (unpaired) electrons. The zero-order chi connectivity index (χ0) is 13.1. The minimum Gasteiger partial charge on any atom is -0.348 e. The van der Waals surface area contributed by atoms with Gasteiger partial charge >= 0.3 is 0 Å². The van der Waals surface area contributed by atoms with Crippen molar-refractivity contribution in [2.24, 2.45) is 0 Å². The van der Waals surface area contributed by atoms with Gasteiger partial charge in [0.1, 0.15) is 5.82 Å². The number of hydrogen-bond acceptors (Lipinski definition) is 2. The number of pyridine rings is 1. The van der Waals surface area contributed by atoms with Gasteiger partial charge in [-0.05, 0) is 35.7 Å². The van der Waals surface area contributed by atoms with Crippen LogP contribution in [0.3, 0.4) is 0 Å². The second-order valence-electron chi connectivity index (χ2n) is 3.78. The quantitative estimate of drug-likeness (QED) is 0.805. The van der Waals surface area contributed by atoms with E-state index in [1.165, 1.54) is 12.1 Å². The van der Waals surface area contributed by atoms with Crippen LogP contribution in [0.1, 0.15) is 5.56 Å². The number of amides is 1. The lowest BCUT2D eigenvalue weighted by molar-refractivity contribution is -0.116. The van der Waals surface area contributed by atoms with Crippen LogP contribution in [-0.4, -0.2) is 10.9 Å². The molecule has 0 saturated carbocycles. The van der Waals surface area contributed by atoms with Crippen LogP contribution in [-0.2, 0) is 11.3 Å². The van der Waals surface area contributed by atoms with Gasteiger partial charge in [0, 0.05) is 12.1 Å². The average Bonchev–Trinajstić information content (AvgIpc) is 2.35. The zero-order valence-corrected chi connectivity index (χ0v) is 9.50. The van der Waals surface area contributed by atoms with Crippen LogP contribution in [0.2, 0.25) is 0 Å². The first-order valence-electron chi connectivity index (χ1n) is 5.32. The first-order valence-corrected chi connectivity index (χ1v) is 5.32. The first-order chi connectivity index (χ1) is 8.60. The van der Waals surface area contributed by atoms with E-state index in [-0.39, 0.29) is 18.0 Å². The molecule has 0 saturated heterocycles. The maximum Gasteiger partial charge on any atom is 0.253 e. The van der Waals surface area contributed by atoms with Crippen LogP contribution in [0.5, 0.6) is 0 Å². The number of carbonyl (C=O) groups is 1. The van der Waals surface area contributed by atoms with Crippen molar-refractivity contribution in [3.63, 3.8) is 0 Å². The Balaban J connectivity index is 2.37. The summed E-state index contributed by atoms with van der Waals surface area (Å²) in [5, 5.41) is 3.22. The highest BCUT2D eigenvalue weighted by molar-refractivity contribution is 5.86. The standard InChI is InChI=1S/C13H11FN2O2/c1-2-12(17)15-7-9-5-8-3-4-10(14)6-11(8)16-13(9)18/h2-6H,1,7H2,(H,15,17)(H,16,18). The number of aromatic amines is 1. The number of benzene rings is 1. The molecule has 1 amide bonds. The molecule has 0 bridgehead atoms. The number of carbonyl (C=O) groups excluding carboxylic acids is 1. The molecule has 0 spiro atoms. The van der Waals surface area contributed by atoms with E-state index in [2.05, 4.69) is 16.9 Å². The molecule has 2 rings (SSSR count). The Morgan fingerprint density at radius 2 is 2.22 bits per heavy atom. The number of hydrogen-bond donors (Lipinski definition) is 2. The van der Waals surface area contributed by atoms with Crippen LogP contribution in [0.4, 0.5) is 4.39 Å². The summed E-state index contributed by atoms with van der Waals surface area (Å²) >= 11 is 0. The number of aromatic nitrogens is 1. The molecule has 18 heavy (non-hydrogen) atoms. The highest BCUT2D eigenvalue weighted by Gasteiger charge is 2.04. The molecule has 0 unspecified atom stereocenters. The average molecular weight is 246 g/mol. The summed E-state index contributed by atoms with van der Waals surface area (Å²) in [5.41, 5.74) is 0.487. The highest BCUT2D eigenvalue weighted by Crippen LogP contribution is 2.12. The van der Waals surface area contributed by atoms with E-state index in [9.17, 15) is 14.0 Å². The van der Waals surface area contributed by atoms with E-state index in [1.807, 2.05) is 0 Å². The number of fused-ring (bicyclic) bond motifs is 1. The smallest absolute Gasteiger partial charge is 0.253 e. The van der Waals surface area contributed by atoms with Crippen molar-refractivity contribution in [1.29, 1.82) is 0 Å². The van der Waals surface area contributed by atoms with Gasteiger partial charge in [-0.1, -0.05) is 6.58 Å². The van der Waals surface area contributed by atoms with Gasteiger partial charge in [0.15, 0.2) is 0 Å². The van der Waals surface area contributed by atoms with Crippen LogP contribution in [0, 0.1) is 5.82 Å². The Morgan fingerprint density at radius 3 is 2.94 bits per heavy atom. The minimum atomic E-state index is -0.411. The topological polar surface area (TPSA) is 62.0 Å². The minimum absolute atomic E-state index is 0.105. The lowest BCUT2D eigenvalue weighted by Crippen LogP contribution is -2.25. The Morgan fingerprint density at radius 1 is 1.44 bits per heavy atom. The summed E-state index contributed by atoms with van der Waals surface area (Å²) in [6, 6.07) is 5.76. The van der Waals surface area contributed by atoms with Gasteiger partial charge in [0.2, 0.25) is 5.91 Å². The SMILES string of the molecule is C=CC(=O)NCc1cc2ccc(F)cc2[nH]c1=O. The molecule has 2 N–H and O–H groups in total. The second-order valence-corrected chi connectivity index (χ2v) is 3.78. The fourth-order valence-electron chi connectivity index (χ4n) is 1.60. The summed E-state index contributed by atoms with van der Waals surface area (Å²) in [6.45, 7) is 3.42. The number of nitrogens with one attached hydrogen (secondary N) is 2. The molecule has 0 aliphatic carbocycles. The third-order valence-electron chi connectivity index (χ3n) is 2.52. The fourth-order valence-corrected chi connectivity index (χ4v) is 1.60. The molecule has 0 aliphatic heterocycles. The molecular weight excluding hydrogens is 235 g/mol. The van der Waals surface area contributed by atoms with Crippen molar-refractivity contribution in [3.05, 3.63) is 58.7 Å². The molecule has 0 atom stereocenters. The van der Waals surface area contributed by atoms with E-state index in [0.29, 0.717) is 16.5 Å². The van der Waals surface area contributed by atoms with Gasteiger partial charge < -0.3 is 10.3 Å². The molecule has 4 nitrogen and oxygen atoms in total. The largest absolute Gasteiger partial charge is 0.348 e. The fraction of sp³-hybridized carbons (Fsp3) is 0.0769. The number of H-pyrrole nitrogens is 1. The Hall–Kier alpha value is -2.43. The molecule has 0 fully saturated rings. The van der Waals surface area contributed by atoms with Crippen molar-refractivity contribution in [2.45, 2.75) is 6.54 Å². The lowest BCUT2D eigenvalue weighted by atomic mass is 10.1. The van der Waals surface area contributed by atoms with Crippen molar-refractivity contribution in [2.75, 3.05) is 0 Å². The van der Waals surface area contributed by atoms with Crippen molar-refractivity contribution in [3.8, 4) is 0 Å². The maximum absolute atomic E-state index is 13.0. The van der Waals surface area contributed by atoms with E-state index in [1.54, 1.807) is 12.1 Å². The first kappa shape index (κ1) is 12.0. The monoisotopic (exact) mass is 246 g/mol.